The summed E-state index contributed by atoms with van der Waals surface area (Å²) in [5, 5.41) is 9.11. The van der Waals surface area contributed by atoms with Crippen molar-refractivity contribution in [1.82, 2.24) is 0 Å². The van der Waals surface area contributed by atoms with Crippen LogP contribution in [0.1, 0.15) is 51.9 Å². The lowest BCUT2D eigenvalue weighted by atomic mass is 9.73. The topological polar surface area (TPSA) is 23.8 Å². The van der Waals surface area contributed by atoms with Gasteiger partial charge in [0, 0.05) is 11.8 Å². The van der Waals surface area contributed by atoms with Gasteiger partial charge < -0.3 is 0 Å². The molecule has 0 radical (unpaired) electrons. The van der Waals surface area contributed by atoms with E-state index in [0.29, 0.717) is 6.42 Å². The van der Waals surface area contributed by atoms with Crippen molar-refractivity contribution in [3.05, 3.63) is 35.5 Å². The lowest BCUT2D eigenvalue weighted by Gasteiger charge is -2.30. The molecule has 2 rings (SSSR count). The monoisotopic (exact) mass is 259 g/mol. The Morgan fingerprint density at radius 3 is 2.79 bits per heavy atom. The van der Waals surface area contributed by atoms with Crippen LogP contribution in [0.15, 0.2) is 35.5 Å². The Labute approximate surface area is 115 Å². The van der Waals surface area contributed by atoms with Crippen molar-refractivity contribution < 1.29 is 4.39 Å². The quantitative estimate of drug-likeness (QED) is 0.698. The summed E-state index contributed by atoms with van der Waals surface area (Å²) < 4.78 is 13.3. The first-order chi connectivity index (χ1) is 9.18. The van der Waals surface area contributed by atoms with E-state index in [2.05, 4.69) is 12.1 Å². The highest BCUT2D eigenvalue weighted by Crippen LogP contribution is 2.48. The first-order valence-electron chi connectivity index (χ1n) is 7.27. The van der Waals surface area contributed by atoms with Crippen molar-refractivity contribution in [2.75, 3.05) is 0 Å². The van der Waals surface area contributed by atoms with Gasteiger partial charge in [-0.2, -0.15) is 5.26 Å². The van der Waals surface area contributed by atoms with E-state index in [-0.39, 0.29) is 5.41 Å². The van der Waals surface area contributed by atoms with Crippen LogP contribution in [0.4, 0.5) is 4.39 Å². The van der Waals surface area contributed by atoms with Crippen LogP contribution in [-0.2, 0) is 0 Å². The summed E-state index contributed by atoms with van der Waals surface area (Å²) in [4.78, 5) is 0. The van der Waals surface area contributed by atoms with Crippen LogP contribution in [0.5, 0.6) is 0 Å². The second kappa shape index (κ2) is 6.19. The molecule has 2 aliphatic carbocycles. The van der Waals surface area contributed by atoms with Crippen molar-refractivity contribution in [2.45, 2.75) is 58.0 Å². The fourth-order valence-electron chi connectivity index (χ4n) is 3.37. The third kappa shape index (κ3) is 3.15. The lowest BCUT2D eigenvalue weighted by Crippen LogP contribution is -2.19. The van der Waals surface area contributed by atoms with Gasteiger partial charge in [-0.25, -0.2) is 4.39 Å². The number of hydrogen-bond donors (Lipinski definition) is 0. The van der Waals surface area contributed by atoms with Gasteiger partial charge in [-0.15, -0.1) is 0 Å². The van der Waals surface area contributed by atoms with Gasteiger partial charge in [0.05, 0.1) is 6.07 Å². The van der Waals surface area contributed by atoms with E-state index < -0.39 is 6.17 Å². The summed E-state index contributed by atoms with van der Waals surface area (Å²) in [6.07, 6.45) is 14.3. The van der Waals surface area contributed by atoms with E-state index in [4.69, 9.17) is 5.26 Å². The molecule has 1 atom stereocenters. The van der Waals surface area contributed by atoms with Gasteiger partial charge in [-0.1, -0.05) is 42.7 Å². The average molecular weight is 259 g/mol. The summed E-state index contributed by atoms with van der Waals surface area (Å²) in [7, 11) is 0. The number of nitriles is 1. The molecule has 2 heteroatoms. The van der Waals surface area contributed by atoms with E-state index in [0.717, 1.165) is 31.3 Å². The lowest BCUT2D eigenvalue weighted by molar-refractivity contribution is 0.364. The van der Waals surface area contributed by atoms with Crippen molar-refractivity contribution in [3.63, 3.8) is 0 Å². The van der Waals surface area contributed by atoms with Crippen LogP contribution in [0.25, 0.3) is 0 Å². The highest BCUT2D eigenvalue weighted by Gasteiger charge is 2.36. The Hall–Kier alpha value is -1.36. The molecule has 1 saturated carbocycles. The minimum absolute atomic E-state index is 0.103. The average Bonchev–Trinajstić information content (AvgIpc) is 2.78. The van der Waals surface area contributed by atoms with Gasteiger partial charge in [0.25, 0.3) is 0 Å². The molecule has 2 aliphatic rings. The molecule has 0 aromatic heterocycles. The first kappa shape index (κ1) is 14.1. The summed E-state index contributed by atoms with van der Waals surface area (Å²) in [6.45, 7) is 1.58. The first-order valence-corrected chi connectivity index (χ1v) is 7.27. The fourth-order valence-corrected chi connectivity index (χ4v) is 3.37. The second-order valence-electron chi connectivity index (χ2n) is 5.73. The van der Waals surface area contributed by atoms with Gasteiger partial charge in [0.15, 0.2) is 0 Å². The maximum atomic E-state index is 13.3. The van der Waals surface area contributed by atoms with Crippen molar-refractivity contribution in [2.24, 2.45) is 5.41 Å². The molecule has 19 heavy (non-hydrogen) atoms. The van der Waals surface area contributed by atoms with Crippen LogP contribution in [0.2, 0.25) is 0 Å². The zero-order valence-corrected chi connectivity index (χ0v) is 11.7. The molecule has 1 fully saturated rings. The predicted octanol–water partition coefficient (Wildman–Crippen LogP) is 5.02. The maximum Gasteiger partial charge on any atom is 0.122 e. The number of allylic oxidation sites excluding steroid dienone is 6. The predicted molar refractivity (Wildman–Crippen MR) is 76.2 cm³/mol. The summed E-state index contributed by atoms with van der Waals surface area (Å²) in [6, 6.07) is 2.37. The van der Waals surface area contributed by atoms with E-state index in [1.807, 2.05) is 18.2 Å². The van der Waals surface area contributed by atoms with Gasteiger partial charge in [0.2, 0.25) is 0 Å². The highest BCUT2D eigenvalue weighted by atomic mass is 19.1. The van der Waals surface area contributed by atoms with E-state index in [1.54, 1.807) is 6.92 Å². The van der Waals surface area contributed by atoms with Crippen molar-refractivity contribution in [1.29, 1.82) is 5.26 Å². The molecule has 0 bridgehead atoms. The van der Waals surface area contributed by atoms with Crippen LogP contribution < -0.4 is 0 Å². The van der Waals surface area contributed by atoms with Gasteiger partial charge in [0.1, 0.15) is 6.17 Å². The van der Waals surface area contributed by atoms with Gasteiger partial charge >= 0.3 is 0 Å². The third-order valence-electron chi connectivity index (χ3n) is 4.50. The van der Waals surface area contributed by atoms with Crippen LogP contribution in [-0.4, -0.2) is 6.17 Å². The van der Waals surface area contributed by atoms with Crippen LogP contribution in [0.3, 0.4) is 0 Å². The number of alkyl halides is 1. The van der Waals surface area contributed by atoms with E-state index in [1.165, 1.54) is 18.4 Å². The Morgan fingerprint density at radius 2 is 2.16 bits per heavy atom. The van der Waals surface area contributed by atoms with Crippen molar-refractivity contribution in [3.8, 4) is 6.07 Å². The minimum atomic E-state index is -0.897. The zero-order valence-electron chi connectivity index (χ0n) is 11.7. The Kier molecular flexibility index (Phi) is 4.58. The van der Waals surface area contributed by atoms with Gasteiger partial charge in [-0.05, 0) is 38.2 Å². The molecule has 0 saturated heterocycles. The van der Waals surface area contributed by atoms with Crippen molar-refractivity contribution >= 4 is 0 Å². The van der Waals surface area contributed by atoms with E-state index in [9.17, 15) is 4.39 Å². The van der Waals surface area contributed by atoms with Gasteiger partial charge in [-0.3, -0.25) is 0 Å². The summed E-state index contributed by atoms with van der Waals surface area (Å²) in [5.41, 5.74) is 2.27. The summed E-state index contributed by atoms with van der Waals surface area (Å²) >= 11 is 0. The molecular formula is C17H22FN. The second-order valence-corrected chi connectivity index (χ2v) is 5.73. The molecule has 1 nitrogen and oxygen atoms in total. The normalized spacial score (nSPS) is 28.3. The third-order valence-corrected chi connectivity index (χ3v) is 4.50. The minimum Gasteiger partial charge on any atom is -0.243 e. The largest absolute Gasteiger partial charge is 0.243 e. The molecule has 0 aromatic carbocycles. The fraction of sp³-hybridized carbons (Fsp3) is 0.588. The molecule has 0 amide bonds. The van der Waals surface area contributed by atoms with Crippen LogP contribution >= 0.6 is 0 Å². The Balaban J connectivity index is 2.20. The number of hydrogen-bond acceptors (Lipinski definition) is 1. The number of nitrogens with zero attached hydrogens (tertiary/aromatic N) is 1. The molecule has 0 aromatic rings. The number of rotatable bonds is 3. The Bertz CT molecular complexity index is 442. The summed E-state index contributed by atoms with van der Waals surface area (Å²) in [5.74, 6) is 0. The zero-order chi connectivity index (χ0) is 13.7. The smallest absolute Gasteiger partial charge is 0.122 e. The molecule has 0 heterocycles. The molecule has 0 spiro atoms. The molecule has 102 valence electrons. The molecule has 1 unspecified atom stereocenters. The highest BCUT2D eigenvalue weighted by molar-refractivity contribution is 5.32. The SMILES string of the molecule is CC(F)C1=CCC/C(C2(CC#N)CCCC2)=C\C=C/1. The Morgan fingerprint density at radius 1 is 1.42 bits per heavy atom. The number of halogens is 1. The molecule has 0 N–H and O–H groups in total. The molecular weight excluding hydrogens is 237 g/mol. The standard InChI is InChI=1S/C17H22FN/c1-14(18)15-6-4-8-16(9-5-7-15)17(12-13-19)10-2-3-11-17/h4,6-8,14H,2-3,5,9-12H2,1H3/b6-4-,15-7?,16-8+. The maximum absolute atomic E-state index is 13.3. The van der Waals surface area contributed by atoms with E-state index >= 15 is 0 Å². The molecule has 0 aliphatic heterocycles. The van der Waals surface area contributed by atoms with Crippen LogP contribution in [0, 0.1) is 16.7 Å².